The van der Waals surface area contributed by atoms with Crippen LogP contribution >= 0.6 is 0 Å². The highest BCUT2D eigenvalue weighted by atomic mass is 16.5. The van der Waals surface area contributed by atoms with Gasteiger partial charge in [0.15, 0.2) is 11.5 Å². The van der Waals surface area contributed by atoms with Gasteiger partial charge in [-0.3, -0.25) is 19.7 Å². The van der Waals surface area contributed by atoms with Crippen LogP contribution in [0.3, 0.4) is 0 Å². The SMILES string of the molecule is COc1ccc(COC(=O)CC2=CC(=O)NC2=O)cc1OC. The van der Waals surface area contributed by atoms with E-state index in [-0.39, 0.29) is 18.6 Å². The van der Waals surface area contributed by atoms with E-state index in [0.717, 1.165) is 6.08 Å². The van der Waals surface area contributed by atoms with Crippen molar-refractivity contribution < 1.29 is 28.6 Å². The Bertz CT molecular complexity index is 649. The molecule has 0 saturated heterocycles. The largest absolute Gasteiger partial charge is 0.493 e. The molecular weight excluding hydrogens is 290 g/mol. The predicted octanol–water partition coefficient (Wildman–Crippen LogP) is 0.720. The quantitative estimate of drug-likeness (QED) is 0.615. The van der Waals surface area contributed by atoms with E-state index >= 15 is 0 Å². The van der Waals surface area contributed by atoms with Gasteiger partial charge in [-0.05, 0) is 17.7 Å². The first-order valence-electron chi connectivity index (χ1n) is 6.46. The molecule has 1 aromatic carbocycles. The molecule has 1 aliphatic rings. The molecule has 0 aliphatic carbocycles. The van der Waals surface area contributed by atoms with Crippen molar-refractivity contribution in [1.82, 2.24) is 5.32 Å². The monoisotopic (exact) mass is 305 g/mol. The van der Waals surface area contributed by atoms with Gasteiger partial charge in [0.25, 0.3) is 11.8 Å². The summed E-state index contributed by atoms with van der Waals surface area (Å²) in [6, 6.07) is 5.13. The normalized spacial score (nSPS) is 13.5. The Morgan fingerprint density at radius 2 is 1.86 bits per heavy atom. The fraction of sp³-hybridized carbons (Fsp3) is 0.267. The van der Waals surface area contributed by atoms with E-state index in [1.165, 1.54) is 14.2 Å². The highest BCUT2D eigenvalue weighted by Gasteiger charge is 2.23. The Morgan fingerprint density at radius 1 is 1.14 bits per heavy atom. The van der Waals surface area contributed by atoms with Gasteiger partial charge in [0.1, 0.15) is 6.61 Å². The predicted molar refractivity (Wildman–Crippen MR) is 75.2 cm³/mol. The molecule has 1 N–H and O–H groups in total. The number of carbonyl (C=O) groups is 3. The van der Waals surface area contributed by atoms with Gasteiger partial charge in [0.05, 0.1) is 20.6 Å². The van der Waals surface area contributed by atoms with Crippen molar-refractivity contribution in [3.05, 3.63) is 35.4 Å². The van der Waals surface area contributed by atoms with E-state index in [2.05, 4.69) is 5.32 Å². The topological polar surface area (TPSA) is 90.9 Å². The molecule has 1 aliphatic heterocycles. The van der Waals surface area contributed by atoms with Crippen molar-refractivity contribution in [2.45, 2.75) is 13.0 Å². The van der Waals surface area contributed by atoms with Crippen LogP contribution in [0.5, 0.6) is 11.5 Å². The van der Waals surface area contributed by atoms with Gasteiger partial charge >= 0.3 is 5.97 Å². The van der Waals surface area contributed by atoms with E-state index in [1.807, 2.05) is 0 Å². The number of nitrogens with one attached hydrogen (secondary N) is 1. The lowest BCUT2D eigenvalue weighted by atomic mass is 10.2. The van der Waals surface area contributed by atoms with Crippen LogP contribution in [0.2, 0.25) is 0 Å². The second kappa shape index (κ2) is 6.75. The summed E-state index contributed by atoms with van der Waals surface area (Å²) in [5, 5.41) is 2.07. The van der Waals surface area contributed by atoms with E-state index in [1.54, 1.807) is 18.2 Å². The van der Waals surface area contributed by atoms with Gasteiger partial charge in [-0.1, -0.05) is 6.07 Å². The van der Waals surface area contributed by atoms with Gasteiger partial charge in [0.2, 0.25) is 0 Å². The van der Waals surface area contributed by atoms with E-state index in [4.69, 9.17) is 14.2 Å². The van der Waals surface area contributed by atoms with Crippen LogP contribution in [-0.2, 0) is 25.7 Å². The fourth-order valence-electron chi connectivity index (χ4n) is 1.92. The molecular formula is C15H15NO6. The van der Waals surface area contributed by atoms with Gasteiger partial charge < -0.3 is 14.2 Å². The minimum absolute atomic E-state index is 0.0298. The van der Waals surface area contributed by atoms with E-state index in [0.29, 0.717) is 17.1 Å². The van der Waals surface area contributed by atoms with Crippen LogP contribution in [-0.4, -0.2) is 32.0 Å². The third-order valence-electron chi connectivity index (χ3n) is 3.02. The molecule has 0 saturated carbocycles. The molecule has 0 aromatic heterocycles. The molecule has 0 bridgehead atoms. The van der Waals surface area contributed by atoms with Crippen LogP contribution < -0.4 is 14.8 Å². The molecule has 0 radical (unpaired) electrons. The Hall–Kier alpha value is -2.83. The summed E-state index contributed by atoms with van der Waals surface area (Å²) in [4.78, 5) is 34.0. The number of ether oxygens (including phenoxy) is 3. The molecule has 1 aromatic rings. The highest BCUT2D eigenvalue weighted by molar-refractivity contribution is 6.17. The zero-order valence-electron chi connectivity index (χ0n) is 12.2. The summed E-state index contributed by atoms with van der Waals surface area (Å²) in [7, 11) is 3.04. The molecule has 0 unspecified atom stereocenters. The first-order chi connectivity index (χ1) is 10.5. The summed E-state index contributed by atoms with van der Waals surface area (Å²) >= 11 is 0. The molecule has 7 nitrogen and oxygen atoms in total. The molecule has 116 valence electrons. The van der Waals surface area contributed by atoms with Gasteiger partial charge in [-0.2, -0.15) is 0 Å². The molecule has 2 amide bonds. The van der Waals surface area contributed by atoms with Gasteiger partial charge in [-0.15, -0.1) is 0 Å². The van der Waals surface area contributed by atoms with Crippen LogP contribution in [0.4, 0.5) is 0 Å². The highest BCUT2D eigenvalue weighted by Crippen LogP contribution is 2.27. The molecule has 0 spiro atoms. The number of amides is 2. The zero-order chi connectivity index (χ0) is 16.1. The van der Waals surface area contributed by atoms with Gasteiger partial charge in [0, 0.05) is 11.6 Å². The lowest BCUT2D eigenvalue weighted by molar-refractivity contribution is -0.144. The van der Waals surface area contributed by atoms with Crippen LogP contribution in [0.15, 0.2) is 29.8 Å². The van der Waals surface area contributed by atoms with Crippen LogP contribution in [0.25, 0.3) is 0 Å². The van der Waals surface area contributed by atoms with Crippen molar-refractivity contribution >= 4 is 17.8 Å². The first-order valence-corrected chi connectivity index (χ1v) is 6.46. The van der Waals surface area contributed by atoms with Crippen molar-refractivity contribution in [3.63, 3.8) is 0 Å². The lowest BCUT2D eigenvalue weighted by Gasteiger charge is -2.10. The zero-order valence-corrected chi connectivity index (χ0v) is 12.2. The maximum absolute atomic E-state index is 11.7. The molecule has 1 heterocycles. The Labute approximate surface area is 126 Å². The smallest absolute Gasteiger partial charge is 0.310 e. The number of methoxy groups -OCH3 is 2. The minimum atomic E-state index is -0.592. The second-order valence-electron chi connectivity index (χ2n) is 4.51. The standard InChI is InChI=1S/C15H15NO6/c1-20-11-4-3-9(5-12(11)21-2)8-22-14(18)7-10-6-13(17)16-15(10)19/h3-6H,7-8H2,1-2H3,(H,16,17,19). The third-order valence-corrected chi connectivity index (χ3v) is 3.02. The molecule has 0 atom stereocenters. The van der Waals surface area contributed by atoms with Crippen molar-refractivity contribution in [1.29, 1.82) is 0 Å². The van der Waals surface area contributed by atoms with E-state index < -0.39 is 17.8 Å². The summed E-state index contributed by atoms with van der Waals surface area (Å²) in [5.41, 5.74) is 0.814. The second-order valence-corrected chi connectivity index (χ2v) is 4.51. The van der Waals surface area contributed by atoms with Gasteiger partial charge in [-0.25, -0.2) is 0 Å². The van der Waals surface area contributed by atoms with Crippen molar-refractivity contribution in [2.24, 2.45) is 0 Å². The maximum atomic E-state index is 11.7. The number of hydrogen-bond acceptors (Lipinski definition) is 6. The average Bonchev–Trinajstić information content (AvgIpc) is 2.82. The Kier molecular flexibility index (Phi) is 4.77. The van der Waals surface area contributed by atoms with E-state index in [9.17, 15) is 14.4 Å². The third kappa shape index (κ3) is 3.63. The Morgan fingerprint density at radius 3 is 2.45 bits per heavy atom. The molecule has 7 heteroatoms. The van der Waals surface area contributed by atoms with Crippen molar-refractivity contribution in [3.8, 4) is 11.5 Å². The first kappa shape index (κ1) is 15.6. The number of esters is 1. The number of rotatable bonds is 6. The van der Waals surface area contributed by atoms with Crippen molar-refractivity contribution in [2.75, 3.05) is 14.2 Å². The summed E-state index contributed by atoms with van der Waals surface area (Å²) in [6.45, 7) is 0.0298. The fourth-order valence-corrected chi connectivity index (χ4v) is 1.92. The summed E-state index contributed by atoms with van der Waals surface area (Å²) in [6.07, 6.45) is 0.852. The lowest BCUT2D eigenvalue weighted by Crippen LogP contribution is -2.23. The van der Waals surface area contributed by atoms with Crippen LogP contribution in [0, 0.1) is 0 Å². The molecule has 2 rings (SSSR count). The summed E-state index contributed by atoms with van der Waals surface area (Å²) < 4.78 is 15.3. The Balaban J connectivity index is 1.93. The number of imide groups is 1. The minimum Gasteiger partial charge on any atom is -0.493 e. The molecule has 22 heavy (non-hydrogen) atoms. The molecule has 0 fully saturated rings. The summed E-state index contributed by atoms with van der Waals surface area (Å²) in [5.74, 6) is -0.574. The van der Waals surface area contributed by atoms with Crippen LogP contribution in [0.1, 0.15) is 12.0 Å². The average molecular weight is 305 g/mol. The number of carbonyl (C=O) groups excluding carboxylic acids is 3. The number of hydrogen-bond donors (Lipinski definition) is 1. The maximum Gasteiger partial charge on any atom is 0.310 e. The number of benzene rings is 1.